The standard InChI is InChI=1S/C25H19ClF4N6O/c26-19-14-17(3-4-20(19)27)21-15-22(33-23(32-21)16-5-8-36(37)9-6-16)34-10-12-35(13-11-34)24-18(25(28,29)30)2-1-7-31-24/h1-9,14-15H,10-13H2. The number of alkyl halides is 3. The van der Waals surface area contributed by atoms with Crippen molar-refractivity contribution in [1.29, 1.82) is 0 Å². The summed E-state index contributed by atoms with van der Waals surface area (Å²) in [6.07, 6.45) is -0.516. The topological polar surface area (TPSA) is 72.1 Å². The Labute approximate surface area is 214 Å². The van der Waals surface area contributed by atoms with Crippen molar-refractivity contribution in [1.82, 2.24) is 15.0 Å². The van der Waals surface area contributed by atoms with Gasteiger partial charge in [0.2, 0.25) is 0 Å². The van der Waals surface area contributed by atoms with Crippen LogP contribution >= 0.6 is 11.6 Å². The predicted octanol–water partition coefficient (Wildman–Crippen LogP) is 4.98. The second-order valence-electron chi connectivity index (χ2n) is 8.36. The number of rotatable bonds is 4. The molecule has 190 valence electrons. The average Bonchev–Trinajstić information content (AvgIpc) is 2.90. The summed E-state index contributed by atoms with van der Waals surface area (Å²) in [5.41, 5.74) is 0.855. The first-order valence-electron chi connectivity index (χ1n) is 11.2. The van der Waals surface area contributed by atoms with Crippen LogP contribution in [0.4, 0.5) is 29.2 Å². The van der Waals surface area contributed by atoms with Crippen LogP contribution in [0.5, 0.6) is 0 Å². The molecule has 0 spiro atoms. The van der Waals surface area contributed by atoms with E-state index < -0.39 is 17.6 Å². The van der Waals surface area contributed by atoms with E-state index in [2.05, 4.69) is 15.0 Å². The van der Waals surface area contributed by atoms with E-state index >= 15 is 0 Å². The Bertz CT molecular complexity index is 1430. The summed E-state index contributed by atoms with van der Waals surface area (Å²) in [7, 11) is 0. The lowest BCUT2D eigenvalue weighted by molar-refractivity contribution is -0.605. The van der Waals surface area contributed by atoms with Gasteiger partial charge in [-0.2, -0.15) is 17.9 Å². The lowest BCUT2D eigenvalue weighted by atomic mass is 10.1. The molecule has 12 heteroatoms. The van der Waals surface area contributed by atoms with Crippen LogP contribution in [-0.4, -0.2) is 41.1 Å². The maximum atomic E-state index is 13.8. The van der Waals surface area contributed by atoms with Crippen molar-refractivity contribution >= 4 is 23.2 Å². The number of hydrogen-bond acceptors (Lipinski definition) is 6. The molecule has 4 aromatic rings. The van der Waals surface area contributed by atoms with Crippen molar-refractivity contribution in [2.24, 2.45) is 0 Å². The molecule has 1 aliphatic rings. The molecule has 37 heavy (non-hydrogen) atoms. The zero-order valence-electron chi connectivity index (χ0n) is 19.2. The Morgan fingerprint density at radius 3 is 2.27 bits per heavy atom. The van der Waals surface area contributed by atoms with Gasteiger partial charge >= 0.3 is 6.18 Å². The van der Waals surface area contributed by atoms with Crippen LogP contribution in [0.25, 0.3) is 22.6 Å². The Hall–Kier alpha value is -3.99. The molecule has 0 bridgehead atoms. The van der Waals surface area contributed by atoms with Crippen molar-refractivity contribution in [3.05, 3.63) is 88.7 Å². The first kappa shape index (κ1) is 24.7. The molecule has 7 nitrogen and oxygen atoms in total. The van der Waals surface area contributed by atoms with Gasteiger partial charge in [-0.25, -0.2) is 19.3 Å². The number of aromatic nitrogens is 4. The highest BCUT2D eigenvalue weighted by atomic mass is 35.5. The molecule has 0 saturated carbocycles. The van der Waals surface area contributed by atoms with Gasteiger partial charge in [-0.3, -0.25) is 0 Å². The molecule has 1 aromatic carbocycles. The van der Waals surface area contributed by atoms with Crippen LogP contribution in [0.3, 0.4) is 0 Å². The monoisotopic (exact) mass is 530 g/mol. The van der Waals surface area contributed by atoms with Gasteiger partial charge in [-0.1, -0.05) is 11.6 Å². The molecule has 1 aliphatic heterocycles. The molecular weight excluding hydrogens is 512 g/mol. The van der Waals surface area contributed by atoms with Crippen molar-refractivity contribution in [2.45, 2.75) is 6.18 Å². The summed E-state index contributed by atoms with van der Waals surface area (Å²) in [5, 5.41) is 11.4. The van der Waals surface area contributed by atoms with Gasteiger partial charge in [0.05, 0.1) is 16.3 Å². The van der Waals surface area contributed by atoms with Crippen LogP contribution in [0.1, 0.15) is 5.56 Å². The Morgan fingerprint density at radius 2 is 1.59 bits per heavy atom. The fourth-order valence-corrected chi connectivity index (χ4v) is 4.29. The van der Waals surface area contributed by atoms with E-state index in [0.29, 0.717) is 59.4 Å². The number of hydrogen-bond donors (Lipinski definition) is 0. The Balaban J connectivity index is 1.47. The molecular formula is C25H19ClF4N6O. The van der Waals surface area contributed by atoms with E-state index in [4.69, 9.17) is 11.6 Å². The smallest absolute Gasteiger partial charge is 0.419 e. The van der Waals surface area contributed by atoms with Gasteiger partial charge in [-0.05, 0) is 30.3 Å². The Morgan fingerprint density at radius 1 is 0.892 bits per heavy atom. The van der Waals surface area contributed by atoms with E-state index in [-0.39, 0.29) is 10.8 Å². The molecule has 0 N–H and O–H groups in total. The van der Waals surface area contributed by atoms with Gasteiger partial charge in [0.1, 0.15) is 17.5 Å². The molecule has 1 saturated heterocycles. The summed E-state index contributed by atoms with van der Waals surface area (Å²) in [5.74, 6) is 0.206. The number of pyridine rings is 2. The maximum Gasteiger partial charge on any atom is 0.419 e. The van der Waals surface area contributed by atoms with Crippen molar-refractivity contribution in [3.63, 3.8) is 0 Å². The van der Waals surface area contributed by atoms with E-state index in [1.807, 2.05) is 4.90 Å². The Kier molecular flexibility index (Phi) is 6.55. The highest BCUT2D eigenvalue weighted by Crippen LogP contribution is 2.36. The van der Waals surface area contributed by atoms with Gasteiger partial charge in [0, 0.05) is 61.7 Å². The number of benzene rings is 1. The molecule has 0 aliphatic carbocycles. The lowest BCUT2D eigenvalue weighted by Crippen LogP contribution is -2.47. The third-order valence-electron chi connectivity index (χ3n) is 5.98. The second kappa shape index (κ2) is 9.81. The molecule has 4 heterocycles. The fraction of sp³-hybridized carbons (Fsp3) is 0.200. The first-order chi connectivity index (χ1) is 17.7. The maximum absolute atomic E-state index is 13.8. The molecule has 1 fully saturated rings. The fourth-order valence-electron chi connectivity index (χ4n) is 4.11. The third kappa shape index (κ3) is 5.26. The van der Waals surface area contributed by atoms with E-state index in [9.17, 15) is 22.8 Å². The van der Waals surface area contributed by atoms with Crippen molar-refractivity contribution < 1.29 is 22.3 Å². The van der Waals surface area contributed by atoms with Crippen LogP contribution in [-0.2, 0) is 6.18 Å². The summed E-state index contributed by atoms with van der Waals surface area (Å²) in [6.45, 7) is 1.34. The average molecular weight is 531 g/mol. The SMILES string of the molecule is [O-][n+]1ccc(-c2nc(-c3ccc(F)c(Cl)c3)cc(N3CCN(c4ncccc4C(F)(F)F)CC3)n2)cc1. The zero-order chi connectivity index (χ0) is 26.2. The second-order valence-corrected chi connectivity index (χ2v) is 8.76. The van der Waals surface area contributed by atoms with Gasteiger partial charge in [0.25, 0.3) is 0 Å². The van der Waals surface area contributed by atoms with E-state index in [0.717, 1.165) is 6.07 Å². The first-order valence-corrected chi connectivity index (χ1v) is 11.6. The molecule has 5 rings (SSSR count). The van der Waals surface area contributed by atoms with Crippen molar-refractivity contribution in [2.75, 3.05) is 36.0 Å². The summed E-state index contributed by atoms with van der Waals surface area (Å²) in [4.78, 5) is 16.8. The van der Waals surface area contributed by atoms with E-state index in [1.165, 1.54) is 36.8 Å². The number of anilines is 2. The summed E-state index contributed by atoms with van der Waals surface area (Å²) >= 11 is 5.99. The number of nitrogens with zero attached hydrogens (tertiary/aromatic N) is 6. The summed E-state index contributed by atoms with van der Waals surface area (Å²) in [6, 6.07) is 11.4. The zero-order valence-corrected chi connectivity index (χ0v) is 19.9. The van der Waals surface area contributed by atoms with Gasteiger partial charge in [0.15, 0.2) is 18.2 Å². The minimum Gasteiger partial charge on any atom is -0.619 e. The third-order valence-corrected chi connectivity index (χ3v) is 6.27. The normalized spacial score (nSPS) is 14.2. The van der Waals surface area contributed by atoms with Crippen LogP contribution < -0.4 is 14.5 Å². The molecule has 3 aromatic heterocycles. The molecule has 0 unspecified atom stereocenters. The minimum absolute atomic E-state index is 0.0595. The van der Waals surface area contributed by atoms with Crippen LogP contribution in [0.2, 0.25) is 5.02 Å². The largest absolute Gasteiger partial charge is 0.619 e. The predicted molar refractivity (Wildman–Crippen MR) is 130 cm³/mol. The van der Waals surface area contributed by atoms with Crippen LogP contribution in [0, 0.1) is 11.0 Å². The highest BCUT2D eigenvalue weighted by Gasteiger charge is 2.36. The molecule has 0 radical (unpaired) electrons. The highest BCUT2D eigenvalue weighted by molar-refractivity contribution is 6.31. The van der Waals surface area contributed by atoms with E-state index in [1.54, 1.807) is 29.2 Å². The quantitative estimate of drug-likeness (QED) is 0.211. The summed E-state index contributed by atoms with van der Waals surface area (Å²) < 4.78 is 54.9. The number of piperazine rings is 1. The van der Waals surface area contributed by atoms with Gasteiger partial charge in [-0.15, -0.1) is 0 Å². The molecule has 0 amide bonds. The van der Waals surface area contributed by atoms with Gasteiger partial charge < -0.3 is 15.0 Å². The molecule has 0 atom stereocenters. The lowest BCUT2D eigenvalue weighted by Gasteiger charge is -2.37. The minimum atomic E-state index is -4.51. The van der Waals surface area contributed by atoms with Crippen LogP contribution in [0.15, 0.2) is 67.1 Å². The number of halogens is 5. The van der Waals surface area contributed by atoms with Crippen molar-refractivity contribution in [3.8, 4) is 22.6 Å².